The summed E-state index contributed by atoms with van der Waals surface area (Å²) in [6.45, 7) is 4.88. The Kier molecular flexibility index (Phi) is 6.08. The monoisotopic (exact) mass is 414 g/mol. The lowest BCUT2D eigenvalue weighted by Crippen LogP contribution is -2.45. The van der Waals surface area contributed by atoms with Crippen molar-refractivity contribution in [2.75, 3.05) is 15.9 Å². The van der Waals surface area contributed by atoms with Crippen molar-refractivity contribution >= 4 is 27.3 Å². The molecular weight excluding hydrogens is 393 g/mol. The normalized spacial score (nSPS) is 13.1. The Morgan fingerprint density at radius 3 is 2.32 bits per heavy atom. The zero-order valence-corrected chi connectivity index (χ0v) is 16.6. The van der Waals surface area contributed by atoms with Crippen molar-refractivity contribution in [2.45, 2.75) is 33.0 Å². The molecule has 9 heteroatoms. The molecule has 0 aliphatic heterocycles. The first kappa shape index (κ1) is 21.7. The molecular formula is C19H21F3N2O3S. The molecule has 1 amide bonds. The molecule has 2 aromatic carbocycles. The maximum absolute atomic E-state index is 12.9. The average Bonchev–Trinajstić information content (AvgIpc) is 2.56. The summed E-state index contributed by atoms with van der Waals surface area (Å²) in [4.78, 5) is 12.6. The molecule has 0 spiro atoms. The first-order chi connectivity index (χ1) is 12.8. The van der Waals surface area contributed by atoms with E-state index in [4.69, 9.17) is 0 Å². The number of anilines is 2. The number of carbonyl (C=O) groups excluding carboxylic acids is 1. The van der Waals surface area contributed by atoms with Gasteiger partial charge in [-0.3, -0.25) is 9.10 Å². The molecule has 2 rings (SSSR count). The molecule has 0 saturated carbocycles. The molecule has 0 aliphatic rings. The second-order valence-corrected chi connectivity index (χ2v) is 8.45. The molecule has 0 unspecified atom stereocenters. The van der Waals surface area contributed by atoms with Crippen LogP contribution in [0, 0.1) is 13.8 Å². The quantitative estimate of drug-likeness (QED) is 0.801. The number of nitrogens with one attached hydrogen (secondary N) is 1. The number of halogens is 3. The SMILES string of the molecule is Cc1ccc(C)c(N([C@H](C)C(=O)Nc2cccc(C(F)(F)F)c2)S(C)(=O)=O)c1. The van der Waals surface area contributed by atoms with Crippen LogP contribution in [0.3, 0.4) is 0 Å². The van der Waals surface area contributed by atoms with Gasteiger partial charge < -0.3 is 5.32 Å². The van der Waals surface area contributed by atoms with Crippen molar-refractivity contribution in [3.63, 3.8) is 0 Å². The first-order valence-corrected chi connectivity index (χ1v) is 10.2. The van der Waals surface area contributed by atoms with E-state index in [0.29, 0.717) is 11.3 Å². The molecule has 0 aromatic heterocycles. The van der Waals surface area contributed by atoms with Crippen LogP contribution >= 0.6 is 0 Å². The summed E-state index contributed by atoms with van der Waals surface area (Å²) in [5.74, 6) is -0.745. The van der Waals surface area contributed by atoms with Gasteiger partial charge in [-0.05, 0) is 56.2 Å². The van der Waals surface area contributed by atoms with Crippen LogP contribution in [0.15, 0.2) is 42.5 Å². The van der Waals surface area contributed by atoms with Crippen LogP contribution in [0.1, 0.15) is 23.6 Å². The Morgan fingerprint density at radius 1 is 1.11 bits per heavy atom. The second-order valence-electron chi connectivity index (χ2n) is 6.59. The van der Waals surface area contributed by atoms with E-state index in [1.807, 2.05) is 6.07 Å². The van der Waals surface area contributed by atoms with Gasteiger partial charge in [0.15, 0.2) is 0 Å². The number of nitrogens with zero attached hydrogens (tertiary/aromatic N) is 1. The summed E-state index contributed by atoms with van der Waals surface area (Å²) in [6, 6.07) is 8.18. The number of alkyl halides is 3. The number of rotatable bonds is 5. The fourth-order valence-corrected chi connectivity index (χ4v) is 3.98. The lowest BCUT2D eigenvalue weighted by Gasteiger charge is -2.29. The molecule has 0 bridgehead atoms. The van der Waals surface area contributed by atoms with Crippen LogP contribution in [0.4, 0.5) is 24.5 Å². The van der Waals surface area contributed by atoms with Gasteiger partial charge in [0.25, 0.3) is 0 Å². The van der Waals surface area contributed by atoms with Gasteiger partial charge in [0.05, 0.1) is 17.5 Å². The van der Waals surface area contributed by atoms with E-state index >= 15 is 0 Å². The molecule has 0 heterocycles. The van der Waals surface area contributed by atoms with Crippen molar-refractivity contribution in [2.24, 2.45) is 0 Å². The highest BCUT2D eigenvalue weighted by Crippen LogP contribution is 2.31. The van der Waals surface area contributed by atoms with Crippen LogP contribution in [0.25, 0.3) is 0 Å². The number of amides is 1. The zero-order chi connectivity index (χ0) is 21.3. The van der Waals surface area contributed by atoms with Crippen molar-refractivity contribution in [1.82, 2.24) is 0 Å². The predicted molar refractivity (Wildman–Crippen MR) is 103 cm³/mol. The summed E-state index contributed by atoms with van der Waals surface area (Å²) in [7, 11) is -3.83. The molecule has 2 aromatic rings. The Morgan fingerprint density at radius 2 is 1.75 bits per heavy atom. The number of sulfonamides is 1. The van der Waals surface area contributed by atoms with Gasteiger partial charge in [-0.2, -0.15) is 13.2 Å². The fraction of sp³-hybridized carbons (Fsp3) is 0.316. The standard InChI is InChI=1S/C19H21F3N2O3S/c1-12-8-9-13(2)17(10-12)24(28(4,26)27)14(3)18(25)23-16-7-5-6-15(11-16)19(20,21)22/h5-11,14H,1-4H3,(H,23,25)/t14-/m1/s1. The van der Waals surface area contributed by atoms with Crippen molar-refractivity contribution in [1.29, 1.82) is 0 Å². The Labute approximate surface area is 162 Å². The molecule has 152 valence electrons. The number of hydrogen-bond donors (Lipinski definition) is 1. The summed E-state index contributed by atoms with van der Waals surface area (Å²) in [5, 5.41) is 2.37. The minimum atomic E-state index is -4.55. The van der Waals surface area contributed by atoms with Gasteiger partial charge in [-0.25, -0.2) is 8.42 Å². The summed E-state index contributed by atoms with van der Waals surface area (Å²) in [5.41, 5.74) is 0.817. The van der Waals surface area contributed by atoms with Crippen LogP contribution in [-0.4, -0.2) is 26.6 Å². The molecule has 0 fully saturated rings. The van der Waals surface area contributed by atoms with E-state index in [2.05, 4.69) is 5.32 Å². The first-order valence-electron chi connectivity index (χ1n) is 8.35. The van der Waals surface area contributed by atoms with E-state index in [0.717, 1.165) is 28.3 Å². The number of aryl methyl sites for hydroxylation is 2. The summed E-state index contributed by atoms with van der Waals surface area (Å²) >= 11 is 0. The predicted octanol–water partition coefficient (Wildman–Crippen LogP) is 4.12. The maximum Gasteiger partial charge on any atom is 0.416 e. The van der Waals surface area contributed by atoms with Crippen LogP contribution in [0.5, 0.6) is 0 Å². The minimum absolute atomic E-state index is 0.0684. The van der Waals surface area contributed by atoms with E-state index in [-0.39, 0.29) is 5.69 Å². The molecule has 0 radical (unpaired) electrons. The second kappa shape index (κ2) is 7.83. The Balaban J connectivity index is 2.37. The van der Waals surface area contributed by atoms with Gasteiger partial charge in [-0.1, -0.05) is 18.2 Å². The molecule has 0 aliphatic carbocycles. The lowest BCUT2D eigenvalue weighted by molar-refractivity contribution is -0.137. The molecule has 0 saturated heterocycles. The molecule has 5 nitrogen and oxygen atoms in total. The topological polar surface area (TPSA) is 66.5 Å². The van der Waals surface area contributed by atoms with Gasteiger partial charge in [0, 0.05) is 5.69 Å². The van der Waals surface area contributed by atoms with Crippen molar-refractivity contribution in [3.05, 3.63) is 59.2 Å². The fourth-order valence-electron chi connectivity index (χ4n) is 2.76. The number of benzene rings is 2. The Hall–Kier alpha value is -2.55. The van der Waals surface area contributed by atoms with E-state index in [1.165, 1.54) is 19.1 Å². The van der Waals surface area contributed by atoms with Gasteiger partial charge >= 0.3 is 6.18 Å². The molecule has 1 N–H and O–H groups in total. The van der Waals surface area contributed by atoms with Gasteiger partial charge in [-0.15, -0.1) is 0 Å². The smallest absolute Gasteiger partial charge is 0.324 e. The maximum atomic E-state index is 12.9. The van der Waals surface area contributed by atoms with Crippen LogP contribution in [0.2, 0.25) is 0 Å². The Bertz CT molecular complexity index is 988. The third-order valence-corrected chi connectivity index (χ3v) is 5.38. The van der Waals surface area contributed by atoms with Crippen molar-refractivity contribution < 1.29 is 26.4 Å². The van der Waals surface area contributed by atoms with Crippen LogP contribution in [-0.2, 0) is 21.0 Å². The molecule has 28 heavy (non-hydrogen) atoms. The van der Waals surface area contributed by atoms with Crippen LogP contribution < -0.4 is 9.62 Å². The highest BCUT2D eigenvalue weighted by molar-refractivity contribution is 7.92. The average molecular weight is 414 g/mol. The van der Waals surface area contributed by atoms with E-state index in [9.17, 15) is 26.4 Å². The third kappa shape index (κ3) is 5.03. The number of carbonyl (C=O) groups is 1. The largest absolute Gasteiger partial charge is 0.416 e. The van der Waals surface area contributed by atoms with Crippen molar-refractivity contribution in [3.8, 4) is 0 Å². The summed E-state index contributed by atoms with van der Waals surface area (Å²) in [6.07, 6.45) is -3.58. The highest BCUT2D eigenvalue weighted by atomic mass is 32.2. The lowest BCUT2D eigenvalue weighted by atomic mass is 10.1. The third-order valence-electron chi connectivity index (χ3n) is 4.15. The molecule has 1 atom stereocenters. The van der Waals surface area contributed by atoms with E-state index < -0.39 is 33.7 Å². The number of hydrogen-bond acceptors (Lipinski definition) is 3. The van der Waals surface area contributed by atoms with Gasteiger partial charge in [0.1, 0.15) is 6.04 Å². The summed E-state index contributed by atoms with van der Waals surface area (Å²) < 4.78 is 64.3. The van der Waals surface area contributed by atoms with E-state index in [1.54, 1.807) is 26.0 Å². The van der Waals surface area contributed by atoms with Gasteiger partial charge in [0.2, 0.25) is 15.9 Å². The highest BCUT2D eigenvalue weighted by Gasteiger charge is 2.32. The minimum Gasteiger partial charge on any atom is -0.324 e. The zero-order valence-electron chi connectivity index (χ0n) is 15.8.